The molecular weight excluding hydrogens is 446 g/mol. The maximum Gasteiger partial charge on any atom is 0.417 e. The van der Waals surface area contributed by atoms with Crippen LogP contribution >= 0.6 is 0 Å². The molecule has 0 saturated carbocycles. The van der Waals surface area contributed by atoms with E-state index in [1.54, 1.807) is 6.20 Å². The highest BCUT2D eigenvalue weighted by Crippen LogP contribution is 2.24. The van der Waals surface area contributed by atoms with Gasteiger partial charge >= 0.3 is 5.76 Å². The highest BCUT2D eigenvalue weighted by atomic mass is 32.2. The first-order valence-electron chi connectivity index (χ1n) is 10.3. The number of hydrogen-bond donors (Lipinski definition) is 2. The lowest BCUT2D eigenvalue weighted by Crippen LogP contribution is -2.48. The van der Waals surface area contributed by atoms with Gasteiger partial charge in [-0.05, 0) is 42.8 Å². The minimum absolute atomic E-state index is 0.111. The number of pyridine rings is 1. The summed E-state index contributed by atoms with van der Waals surface area (Å²) >= 11 is 0. The fraction of sp³-hybridized carbons (Fsp3) is 0.238. The van der Waals surface area contributed by atoms with Gasteiger partial charge in [0.25, 0.3) is 0 Å². The molecule has 3 aromatic heterocycles. The molecule has 0 amide bonds. The Balaban J connectivity index is 1.29. The van der Waals surface area contributed by atoms with Crippen molar-refractivity contribution in [2.24, 2.45) is 0 Å². The molecule has 11 nitrogen and oxygen atoms in total. The second kappa shape index (κ2) is 8.30. The molecule has 33 heavy (non-hydrogen) atoms. The third kappa shape index (κ3) is 4.30. The number of oxazole rings is 1. The molecule has 0 aliphatic carbocycles. The van der Waals surface area contributed by atoms with Crippen LogP contribution in [0.3, 0.4) is 0 Å². The molecule has 0 bridgehead atoms. The van der Waals surface area contributed by atoms with Gasteiger partial charge in [0.1, 0.15) is 23.8 Å². The summed E-state index contributed by atoms with van der Waals surface area (Å²) in [5, 5.41) is 3.17. The largest absolute Gasteiger partial charge is 0.417 e. The van der Waals surface area contributed by atoms with E-state index in [4.69, 9.17) is 4.42 Å². The predicted molar refractivity (Wildman–Crippen MR) is 122 cm³/mol. The van der Waals surface area contributed by atoms with Crippen LogP contribution in [0, 0.1) is 6.92 Å². The number of fused-ring (bicyclic) bond motifs is 1. The van der Waals surface area contributed by atoms with Crippen molar-refractivity contribution in [1.29, 1.82) is 0 Å². The number of aromatic amines is 1. The van der Waals surface area contributed by atoms with Gasteiger partial charge in [-0.25, -0.2) is 28.2 Å². The SMILES string of the molecule is Cc1ccnc(Nc2cc(N3CCN(S(=O)(=O)c4ccc5oc(=O)[nH]c5c4)CC3)ncn2)c1. The molecule has 1 aliphatic heterocycles. The van der Waals surface area contributed by atoms with Crippen molar-refractivity contribution in [3.05, 3.63) is 65.0 Å². The Labute approximate surface area is 189 Å². The van der Waals surface area contributed by atoms with E-state index in [0.717, 1.165) is 5.56 Å². The molecule has 1 saturated heterocycles. The number of piperazine rings is 1. The van der Waals surface area contributed by atoms with Gasteiger partial charge in [-0.2, -0.15) is 4.31 Å². The van der Waals surface area contributed by atoms with Crippen molar-refractivity contribution in [2.75, 3.05) is 36.4 Å². The summed E-state index contributed by atoms with van der Waals surface area (Å²) in [6.45, 7) is 3.54. The lowest BCUT2D eigenvalue weighted by molar-refractivity contribution is 0.384. The molecule has 5 rings (SSSR count). The van der Waals surface area contributed by atoms with Gasteiger partial charge in [-0.15, -0.1) is 0 Å². The number of rotatable bonds is 5. The normalized spacial score (nSPS) is 15.1. The maximum atomic E-state index is 13.1. The summed E-state index contributed by atoms with van der Waals surface area (Å²) in [5.41, 5.74) is 1.75. The van der Waals surface area contributed by atoms with E-state index < -0.39 is 15.8 Å². The molecule has 1 fully saturated rings. The zero-order valence-corrected chi connectivity index (χ0v) is 18.5. The number of nitrogens with zero attached hydrogens (tertiary/aromatic N) is 5. The average molecular weight is 468 g/mol. The number of aromatic nitrogens is 4. The van der Waals surface area contributed by atoms with E-state index in [9.17, 15) is 13.2 Å². The average Bonchev–Trinajstić information content (AvgIpc) is 3.18. The highest BCUT2D eigenvalue weighted by molar-refractivity contribution is 7.89. The Hall–Kier alpha value is -3.77. The molecular formula is C21H21N7O4S. The Morgan fingerprint density at radius 3 is 2.58 bits per heavy atom. The first kappa shape index (κ1) is 21.1. The molecule has 0 atom stereocenters. The third-order valence-corrected chi connectivity index (χ3v) is 7.31. The number of aryl methyl sites for hydroxylation is 1. The minimum Gasteiger partial charge on any atom is -0.408 e. The van der Waals surface area contributed by atoms with E-state index >= 15 is 0 Å². The van der Waals surface area contributed by atoms with E-state index in [1.165, 1.54) is 28.8 Å². The van der Waals surface area contributed by atoms with Crippen molar-refractivity contribution in [3.63, 3.8) is 0 Å². The van der Waals surface area contributed by atoms with Gasteiger partial charge in [0.05, 0.1) is 10.4 Å². The van der Waals surface area contributed by atoms with Crippen LogP contribution in [0.15, 0.2) is 63.0 Å². The Morgan fingerprint density at radius 1 is 1.00 bits per heavy atom. The van der Waals surface area contributed by atoms with Crippen LogP contribution < -0.4 is 16.0 Å². The molecule has 0 spiro atoms. The zero-order valence-electron chi connectivity index (χ0n) is 17.7. The number of nitrogens with one attached hydrogen (secondary N) is 2. The van der Waals surface area contributed by atoms with Crippen molar-refractivity contribution < 1.29 is 12.8 Å². The zero-order chi connectivity index (χ0) is 23.0. The van der Waals surface area contributed by atoms with Crippen LogP contribution in [0.4, 0.5) is 17.5 Å². The summed E-state index contributed by atoms with van der Waals surface area (Å²) in [6, 6.07) is 10.00. The van der Waals surface area contributed by atoms with E-state index in [1.807, 2.05) is 30.0 Å². The first-order valence-corrected chi connectivity index (χ1v) is 11.7. The first-order chi connectivity index (χ1) is 15.9. The second-order valence-electron chi connectivity index (χ2n) is 7.67. The van der Waals surface area contributed by atoms with Crippen molar-refractivity contribution in [1.82, 2.24) is 24.2 Å². The van der Waals surface area contributed by atoms with E-state index in [-0.39, 0.29) is 4.90 Å². The van der Waals surface area contributed by atoms with Crippen molar-refractivity contribution in [2.45, 2.75) is 11.8 Å². The summed E-state index contributed by atoms with van der Waals surface area (Å²) in [7, 11) is -3.71. The van der Waals surface area contributed by atoms with Crippen LogP contribution in [0.5, 0.6) is 0 Å². The Bertz CT molecular complexity index is 1470. The summed E-state index contributed by atoms with van der Waals surface area (Å²) in [6.07, 6.45) is 3.19. The summed E-state index contributed by atoms with van der Waals surface area (Å²) in [4.78, 5) is 28.8. The molecule has 1 aromatic carbocycles. The molecule has 1 aliphatic rings. The molecule has 12 heteroatoms. The van der Waals surface area contributed by atoms with Gasteiger partial charge in [-0.3, -0.25) is 4.98 Å². The van der Waals surface area contributed by atoms with Gasteiger partial charge < -0.3 is 14.6 Å². The number of anilines is 3. The van der Waals surface area contributed by atoms with Gasteiger partial charge in [0.2, 0.25) is 10.0 Å². The van der Waals surface area contributed by atoms with Gasteiger partial charge in [0.15, 0.2) is 5.58 Å². The Morgan fingerprint density at radius 2 is 1.79 bits per heavy atom. The van der Waals surface area contributed by atoms with E-state index in [2.05, 4.69) is 25.3 Å². The fourth-order valence-corrected chi connectivity index (χ4v) is 5.17. The van der Waals surface area contributed by atoms with E-state index in [0.29, 0.717) is 54.7 Å². The van der Waals surface area contributed by atoms with Gasteiger partial charge in [-0.1, -0.05) is 0 Å². The second-order valence-corrected chi connectivity index (χ2v) is 9.61. The van der Waals surface area contributed by atoms with Crippen LogP contribution in [0.1, 0.15) is 5.56 Å². The molecule has 0 radical (unpaired) electrons. The molecule has 0 unspecified atom stereocenters. The molecule has 4 aromatic rings. The topological polar surface area (TPSA) is 137 Å². The third-order valence-electron chi connectivity index (χ3n) is 5.42. The Kier molecular flexibility index (Phi) is 5.30. The lowest BCUT2D eigenvalue weighted by atomic mass is 10.3. The summed E-state index contributed by atoms with van der Waals surface area (Å²) < 4.78 is 32.6. The number of H-pyrrole nitrogens is 1. The summed E-state index contributed by atoms with van der Waals surface area (Å²) in [5.74, 6) is 1.38. The number of hydrogen-bond acceptors (Lipinski definition) is 9. The standard InChI is InChI=1S/C21H21N7O4S/c1-14-4-5-22-18(10-14)26-19-12-20(24-13-23-19)27-6-8-28(9-7-27)33(30,31)15-2-3-17-16(11-15)25-21(29)32-17/h2-5,10-13H,6-9H2,1H3,(H,25,29)(H,22,23,24,26). The molecule has 170 valence electrons. The van der Waals surface area contributed by atoms with Crippen LogP contribution in [-0.2, 0) is 10.0 Å². The lowest BCUT2D eigenvalue weighted by Gasteiger charge is -2.34. The smallest absolute Gasteiger partial charge is 0.408 e. The van der Waals surface area contributed by atoms with Gasteiger partial charge in [0, 0.05) is 38.4 Å². The van der Waals surface area contributed by atoms with Crippen molar-refractivity contribution >= 4 is 38.6 Å². The number of sulfonamides is 1. The minimum atomic E-state index is -3.71. The van der Waals surface area contributed by atoms with Crippen LogP contribution in [0.2, 0.25) is 0 Å². The van der Waals surface area contributed by atoms with Crippen molar-refractivity contribution in [3.8, 4) is 0 Å². The monoisotopic (exact) mass is 467 g/mol. The van der Waals surface area contributed by atoms with Crippen LogP contribution in [0.25, 0.3) is 11.1 Å². The predicted octanol–water partition coefficient (Wildman–Crippen LogP) is 1.87. The highest BCUT2D eigenvalue weighted by Gasteiger charge is 2.29. The molecule has 2 N–H and O–H groups in total. The molecule has 4 heterocycles. The fourth-order valence-electron chi connectivity index (χ4n) is 3.72. The maximum absolute atomic E-state index is 13.1. The number of benzene rings is 1. The quantitative estimate of drug-likeness (QED) is 0.450. The van der Waals surface area contributed by atoms with Crippen LogP contribution in [-0.4, -0.2) is 58.8 Å².